The lowest BCUT2D eigenvalue weighted by Gasteiger charge is -2.35. The second-order valence-electron chi connectivity index (χ2n) is 7.12. The van der Waals surface area contributed by atoms with Crippen LogP contribution in [0, 0.1) is 5.82 Å². The Labute approximate surface area is 168 Å². The molecule has 8 heteroatoms. The van der Waals surface area contributed by atoms with Crippen LogP contribution in [0.3, 0.4) is 0 Å². The number of hydrogen-bond donors (Lipinski definition) is 0. The van der Waals surface area contributed by atoms with E-state index < -0.39 is 15.7 Å². The lowest BCUT2D eigenvalue weighted by atomic mass is 10.2. The highest BCUT2D eigenvalue weighted by atomic mass is 32.2. The quantitative estimate of drug-likeness (QED) is 0.600. The molecule has 1 saturated heterocycles. The van der Waals surface area contributed by atoms with Gasteiger partial charge in [-0.15, -0.1) is 0 Å². The summed E-state index contributed by atoms with van der Waals surface area (Å²) < 4.78 is 51.7. The molecular weight excluding hydrogens is 395 g/mol. The van der Waals surface area contributed by atoms with Gasteiger partial charge in [0.05, 0.1) is 17.1 Å². The third-order valence-electron chi connectivity index (χ3n) is 4.69. The molecule has 0 radical (unpaired) electrons. The van der Waals surface area contributed by atoms with Crippen molar-refractivity contribution in [2.75, 3.05) is 18.0 Å². The molecule has 4 rings (SSSR count). The van der Waals surface area contributed by atoms with E-state index in [4.69, 9.17) is 9.15 Å². The van der Waals surface area contributed by atoms with Crippen molar-refractivity contribution < 1.29 is 22.0 Å². The van der Waals surface area contributed by atoms with E-state index in [9.17, 15) is 12.8 Å². The van der Waals surface area contributed by atoms with Crippen LogP contribution in [0.25, 0.3) is 11.5 Å². The van der Waals surface area contributed by atoms with Gasteiger partial charge in [0.25, 0.3) is 0 Å². The van der Waals surface area contributed by atoms with Crippen LogP contribution < -0.4 is 4.90 Å². The lowest BCUT2D eigenvalue weighted by Crippen LogP contribution is -2.45. The molecule has 0 bridgehead atoms. The number of anilines is 1. The van der Waals surface area contributed by atoms with E-state index in [2.05, 4.69) is 4.98 Å². The number of ether oxygens (including phenoxy) is 1. The Morgan fingerprint density at radius 3 is 2.24 bits per heavy atom. The largest absolute Gasteiger partial charge is 0.419 e. The van der Waals surface area contributed by atoms with Gasteiger partial charge < -0.3 is 14.1 Å². The molecule has 6 nitrogen and oxygen atoms in total. The first-order valence-corrected chi connectivity index (χ1v) is 10.8. The average molecular weight is 416 g/mol. The van der Waals surface area contributed by atoms with Crippen molar-refractivity contribution >= 4 is 15.7 Å². The summed E-state index contributed by atoms with van der Waals surface area (Å²) in [5, 5.41) is -0.177. The maximum Gasteiger partial charge on any atom is 0.236 e. The Hall–Kier alpha value is -2.71. The Balaban J connectivity index is 1.85. The molecule has 1 aliphatic rings. The van der Waals surface area contributed by atoms with Gasteiger partial charge in [0, 0.05) is 18.7 Å². The van der Waals surface area contributed by atoms with E-state index in [1.807, 2.05) is 36.9 Å². The Kier molecular flexibility index (Phi) is 5.14. The van der Waals surface area contributed by atoms with E-state index in [1.165, 1.54) is 12.1 Å². The van der Waals surface area contributed by atoms with Crippen LogP contribution in [-0.2, 0) is 14.6 Å². The SMILES string of the molecule is CC1CN(c2oc(-c3ccccc3)nc2S(=O)(=O)c2ccc(F)cc2)CC(C)O1. The highest BCUT2D eigenvalue weighted by Crippen LogP contribution is 2.35. The first kappa shape index (κ1) is 19.6. The molecule has 0 N–H and O–H groups in total. The minimum Gasteiger partial charge on any atom is -0.419 e. The minimum absolute atomic E-state index is 0.0394. The van der Waals surface area contributed by atoms with E-state index in [0.29, 0.717) is 18.7 Å². The summed E-state index contributed by atoms with van der Waals surface area (Å²) in [5.74, 6) is -0.117. The van der Waals surface area contributed by atoms with Crippen LogP contribution in [0.15, 0.2) is 68.9 Å². The minimum atomic E-state index is -4.01. The molecule has 3 aromatic rings. The zero-order chi connectivity index (χ0) is 20.6. The summed E-state index contributed by atoms with van der Waals surface area (Å²) in [7, 11) is -4.01. The summed E-state index contributed by atoms with van der Waals surface area (Å²) in [4.78, 5) is 6.15. The summed E-state index contributed by atoms with van der Waals surface area (Å²) in [6, 6.07) is 13.8. The molecule has 152 valence electrons. The van der Waals surface area contributed by atoms with Gasteiger partial charge in [-0.2, -0.15) is 4.98 Å². The summed E-state index contributed by atoms with van der Waals surface area (Å²) in [5.41, 5.74) is 0.670. The van der Waals surface area contributed by atoms with Gasteiger partial charge in [-0.3, -0.25) is 0 Å². The van der Waals surface area contributed by atoms with Crippen molar-refractivity contribution in [3.05, 3.63) is 60.4 Å². The molecule has 0 amide bonds. The van der Waals surface area contributed by atoms with Crippen molar-refractivity contribution in [2.45, 2.75) is 36.0 Å². The number of halogens is 1. The van der Waals surface area contributed by atoms with E-state index in [1.54, 1.807) is 12.1 Å². The molecule has 1 aromatic heterocycles. The van der Waals surface area contributed by atoms with Crippen molar-refractivity contribution in [3.8, 4) is 11.5 Å². The fraction of sp³-hybridized carbons (Fsp3) is 0.286. The molecule has 2 atom stereocenters. The predicted octanol–water partition coefficient (Wildman–Crippen LogP) is 3.93. The Morgan fingerprint density at radius 1 is 1.00 bits per heavy atom. The van der Waals surface area contributed by atoms with Crippen LogP contribution >= 0.6 is 0 Å². The molecule has 2 aromatic carbocycles. The van der Waals surface area contributed by atoms with Gasteiger partial charge in [0.2, 0.25) is 26.6 Å². The first-order valence-electron chi connectivity index (χ1n) is 9.32. The van der Waals surface area contributed by atoms with Crippen LogP contribution in [-0.4, -0.2) is 38.7 Å². The number of hydrogen-bond acceptors (Lipinski definition) is 6. The number of rotatable bonds is 4. The lowest BCUT2D eigenvalue weighted by molar-refractivity contribution is -0.00657. The van der Waals surface area contributed by atoms with Crippen LogP contribution in [0.2, 0.25) is 0 Å². The Bertz CT molecular complexity index is 1090. The third-order valence-corrected chi connectivity index (χ3v) is 6.35. The van der Waals surface area contributed by atoms with Crippen molar-refractivity contribution in [1.82, 2.24) is 4.98 Å². The number of benzene rings is 2. The van der Waals surface area contributed by atoms with E-state index >= 15 is 0 Å². The average Bonchev–Trinajstić information content (AvgIpc) is 3.15. The molecule has 29 heavy (non-hydrogen) atoms. The molecule has 0 aliphatic carbocycles. The number of sulfone groups is 1. The normalized spacial score (nSPS) is 20.0. The summed E-state index contributed by atoms with van der Waals surface area (Å²) in [6.07, 6.45) is -0.184. The molecule has 2 unspecified atom stereocenters. The first-order chi connectivity index (χ1) is 13.8. The zero-order valence-corrected chi connectivity index (χ0v) is 16.9. The fourth-order valence-corrected chi connectivity index (χ4v) is 4.77. The van der Waals surface area contributed by atoms with Crippen molar-refractivity contribution in [2.24, 2.45) is 0 Å². The second-order valence-corrected chi connectivity index (χ2v) is 8.98. The summed E-state index contributed by atoms with van der Waals surface area (Å²) in [6.45, 7) is 4.79. The maximum absolute atomic E-state index is 13.3. The predicted molar refractivity (Wildman–Crippen MR) is 106 cm³/mol. The van der Waals surface area contributed by atoms with Gasteiger partial charge >= 0.3 is 0 Å². The van der Waals surface area contributed by atoms with Crippen molar-refractivity contribution in [1.29, 1.82) is 0 Å². The molecule has 2 heterocycles. The highest BCUT2D eigenvalue weighted by molar-refractivity contribution is 7.91. The molecule has 0 spiro atoms. The van der Waals surface area contributed by atoms with Gasteiger partial charge in [-0.1, -0.05) is 18.2 Å². The van der Waals surface area contributed by atoms with Crippen LogP contribution in [0.4, 0.5) is 10.3 Å². The second kappa shape index (κ2) is 7.61. The Morgan fingerprint density at radius 2 is 1.62 bits per heavy atom. The van der Waals surface area contributed by atoms with Crippen LogP contribution in [0.1, 0.15) is 13.8 Å². The van der Waals surface area contributed by atoms with E-state index in [-0.39, 0.29) is 33.9 Å². The standard InChI is InChI=1S/C21H21FN2O4S/c1-14-12-24(13-15(2)27-14)21-20(23-19(28-21)16-6-4-3-5-7-16)29(25,26)18-10-8-17(22)9-11-18/h3-11,14-15H,12-13H2,1-2H3. The van der Waals surface area contributed by atoms with Crippen LogP contribution in [0.5, 0.6) is 0 Å². The van der Waals surface area contributed by atoms with E-state index in [0.717, 1.165) is 12.1 Å². The van der Waals surface area contributed by atoms with Gasteiger partial charge in [0.15, 0.2) is 0 Å². The molecular formula is C21H21FN2O4S. The topological polar surface area (TPSA) is 72.6 Å². The number of aromatic nitrogens is 1. The third kappa shape index (κ3) is 3.90. The summed E-state index contributed by atoms with van der Waals surface area (Å²) >= 11 is 0. The van der Waals surface area contributed by atoms with Gasteiger partial charge in [-0.05, 0) is 50.2 Å². The highest BCUT2D eigenvalue weighted by Gasteiger charge is 2.34. The molecule has 1 fully saturated rings. The number of oxazole rings is 1. The van der Waals surface area contributed by atoms with Crippen molar-refractivity contribution in [3.63, 3.8) is 0 Å². The fourth-order valence-electron chi connectivity index (χ4n) is 3.45. The monoisotopic (exact) mass is 416 g/mol. The molecule has 0 saturated carbocycles. The maximum atomic E-state index is 13.3. The smallest absolute Gasteiger partial charge is 0.236 e. The van der Waals surface area contributed by atoms with Gasteiger partial charge in [0.1, 0.15) is 5.82 Å². The van der Waals surface area contributed by atoms with Gasteiger partial charge in [-0.25, -0.2) is 12.8 Å². The number of morpholine rings is 1. The number of nitrogens with zero attached hydrogens (tertiary/aromatic N) is 2. The zero-order valence-electron chi connectivity index (χ0n) is 16.1. The molecule has 1 aliphatic heterocycles.